The van der Waals surface area contributed by atoms with Gasteiger partial charge in [0.2, 0.25) is 0 Å². The number of nitrogens with one attached hydrogen (secondary N) is 1. The third-order valence-corrected chi connectivity index (χ3v) is 2.99. The standard InChI is InChI=1S/C11H18N4O2/c1-3-11(12,4-2)8-14-10-6-5-9(7-13-10)15(16)17/h5-7H,3-4,8,12H2,1-2H3,(H,13,14). The minimum absolute atomic E-state index is 0.0134. The predicted molar refractivity (Wildman–Crippen MR) is 66.9 cm³/mol. The molecule has 0 saturated carbocycles. The van der Waals surface area contributed by atoms with Crippen LogP contribution in [0.15, 0.2) is 18.3 Å². The van der Waals surface area contributed by atoms with Crippen molar-refractivity contribution in [1.82, 2.24) is 4.98 Å². The molecule has 17 heavy (non-hydrogen) atoms. The molecule has 6 heteroatoms. The first-order chi connectivity index (χ1) is 8.00. The molecule has 1 aromatic rings. The first-order valence-corrected chi connectivity index (χ1v) is 5.64. The molecule has 6 nitrogen and oxygen atoms in total. The van der Waals surface area contributed by atoms with E-state index in [2.05, 4.69) is 10.3 Å². The molecule has 1 heterocycles. The summed E-state index contributed by atoms with van der Waals surface area (Å²) in [7, 11) is 0. The van der Waals surface area contributed by atoms with Crippen LogP contribution in [0.3, 0.4) is 0 Å². The molecule has 0 spiro atoms. The van der Waals surface area contributed by atoms with Crippen molar-refractivity contribution in [1.29, 1.82) is 0 Å². The first-order valence-electron chi connectivity index (χ1n) is 5.64. The molecule has 0 aliphatic heterocycles. The third-order valence-electron chi connectivity index (χ3n) is 2.99. The average Bonchev–Trinajstić information content (AvgIpc) is 2.36. The van der Waals surface area contributed by atoms with Crippen molar-refractivity contribution in [3.05, 3.63) is 28.4 Å². The molecule has 0 radical (unpaired) electrons. The summed E-state index contributed by atoms with van der Waals surface area (Å²) in [5.74, 6) is 0.604. The zero-order valence-electron chi connectivity index (χ0n) is 10.1. The summed E-state index contributed by atoms with van der Waals surface area (Å²) in [5, 5.41) is 13.5. The summed E-state index contributed by atoms with van der Waals surface area (Å²) in [4.78, 5) is 13.9. The van der Waals surface area contributed by atoms with Crippen LogP contribution in [0.5, 0.6) is 0 Å². The second kappa shape index (κ2) is 5.58. The van der Waals surface area contributed by atoms with Gasteiger partial charge in [-0.15, -0.1) is 0 Å². The van der Waals surface area contributed by atoms with E-state index in [1.54, 1.807) is 6.07 Å². The van der Waals surface area contributed by atoms with Gasteiger partial charge in [0.05, 0.1) is 4.92 Å². The normalized spacial score (nSPS) is 11.2. The number of pyridine rings is 1. The SMILES string of the molecule is CCC(N)(CC)CNc1ccc([N+](=O)[O-])cn1. The van der Waals surface area contributed by atoms with Gasteiger partial charge in [0.25, 0.3) is 5.69 Å². The summed E-state index contributed by atoms with van der Waals surface area (Å²) in [6.07, 6.45) is 2.96. The first kappa shape index (κ1) is 13.4. The van der Waals surface area contributed by atoms with Crippen molar-refractivity contribution >= 4 is 11.5 Å². The lowest BCUT2D eigenvalue weighted by Crippen LogP contribution is -2.45. The minimum Gasteiger partial charge on any atom is -0.368 e. The van der Waals surface area contributed by atoms with E-state index in [0.717, 1.165) is 12.8 Å². The van der Waals surface area contributed by atoms with E-state index in [4.69, 9.17) is 5.73 Å². The van der Waals surface area contributed by atoms with Gasteiger partial charge in [-0.3, -0.25) is 10.1 Å². The Morgan fingerprint density at radius 1 is 1.47 bits per heavy atom. The van der Waals surface area contributed by atoms with Crippen molar-refractivity contribution in [2.45, 2.75) is 32.2 Å². The maximum atomic E-state index is 10.4. The number of nitro groups is 1. The molecule has 0 atom stereocenters. The van der Waals surface area contributed by atoms with Crippen molar-refractivity contribution in [2.24, 2.45) is 5.73 Å². The third kappa shape index (κ3) is 3.67. The van der Waals surface area contributed by atoms with Gasteiger partial charge in [-0.05, 0) is 18.9 Å². The number of aromatic nitrogens is 1. The molecule has 0 amide bonds. The highest BCUT2D eigenvalue weighted by Crippen LogP contribution is 2.15. The second-order valence-electron chi connectivity index (χ2n) is 4.08. The topological polar surface area (TPSA) is 94.1 Å². The van der Waals surface area contributed by atoms with Crippen LogP contribution in [0, 0.1) is 10.1 Å². The van der Waals surface area contributed by atoms with Crippen LogP contribution in [-0.2, 0) is 0 Å². The quantitative estimate of drug-likeness (QED) is 0.583. The molecule has 94 valence electrons. The maximum absolute atomic E-state index is 10.4. The van der Waals surface area contributed by atoms with Crippen LogP contribution in [0.2, 0.25) is 0 Å². The molecular formula is C11H18N4O2. The number of nitrogens with two attached hydrogens (primary N) is 1. The van der Waals surface area contributed by atoms with Crippen molar-refractivity contribution < 1.29 is 4.92 Å². The molecule has 0 fully saturated rings. The summed E-state index contributed by atoms with van der Waals surface area (Å²) in [6.45, 7) is 4.67. The summed E-state index contributed by atoms with van der Waals surface area (Å²) in [6, 6.07) is 3.01. The van der Waals surface area contributed by atoms with Crippen LogP contribution in [0.25, 0.3) is 0 Å². The molecule has 3 N–H and O–H groups in total. The Balaban J connectivity index is 2.61. The van der Waals surface area contributed by atoms with Crippen LogP contribution >= 0.6 is 0 Å². The highest BCUT2D eigenvalue weighted by Gasteiger charge is 2.19. The van der Waals surface area contributed by atoms with E-state index < -0.39 is 4.92 Å². The Bertz CT molecular complexity index is 374. The number of anilines is 1. The van der Waals surface area contributed by atoms with Gasteiger partial charge in [0.15, 0.2) is 0 Å². The van der Waals surface area contributed by atoms with Crippen molar-refractivity contribution in [3.8, 4) is 0 Å². The zero-order valence-corrected chi connectivity index (χ0v) is 10.1. The summed E-state index contributed by atoms with van der Waals surface area (Å²) >= 11 is 0. The van der Waals surface area contributed by atoms with E-state index in [1.807, 2.05) is 13.8 Å². The van der Waals surface area contributed by atoms with Crippen molar-refractivity contribution in [3.63, 3.8) is 0 Å². The lowest BCUT2D eigenvalue weighted by Gasteiger charge is -2.26. The van der Waals surface area contributed by atoms with Gasteiger partial charge in [-0.2, -0.15) is 0 Å². The van der Waals surface area contributed by atoms with E-state index in [1.165, 1.54) is 12.3 Å². The molecule has 0 aliphatic rings. The molecule has 0 saturated heterocycles. The van der Waals surface area contributed by atoms with Crippen LogP contribution in [-0.4, -0.2) is 22.0 Å². The highest BCUT2D eigenvalue weighted by molar-refractivity contribution is 5.40. The van der Waals surface area contributed by atoms with E-state index in [-0.39, 0.29) is 11.2 Å². The number of hydrogen-bond acceptors (Lipinski definition) is 5. The molecular weight excluding hydrogens is 220 g/mol. The fourth-order valence-corrected chi connectivity index (χ4v) is 1.37. The van der Waals surface area contributed by atoms with Crippen molar-refractivity contribution in [2.75, 3.05) is 11.9 Å². The number of rotatable bonds is 6. The fourth-order valence-electron chi connectivity index (χ4n) is 1.37. The van der Waals surface area contributed by atoms with E-state index in [0.29, 0.717) is 12.4 Å². The maximum Gasteiger partial charge on any atom is 0.287 e. The van der Waals surface area contributed by atoms with Gasteiger partial charge in [-0.25, -0.2) is 4.98 Å². The van der Waals surface area contributed by atoms with Crippen LogP contribution in [0.4, 0.5) is 11.5 Å². The lowest BCUT2D eigenvalue weighted by atomic mass is 9.94. The van der Waals surface area contributed by atoms with Crippen LogP contribution < -0.4 is 11.1 Å². The molecule has 0 unspecified atom stereocenters. The van der Waals surface area contributed by atoms with Gasteiger partial charge in [0.1, 0.15) is 12.0 Å². The molecule has 0 aromatic carbocycles. The zero-order chi connectivity index (χ0) is 12.9. The molecule has 1 rings (SSSR count). The Morgan fingerprint density at radius 3 is 2.53 bits per heavy atom. The lowest BCUT2D eigenvalue weighted by molar-refractivity contribution is -0.385. The number of nitrogens with zero attached hydrogens (tertiary/aromatic N) is 2. The van der Waals surface area contributed by atoms with Gasteiger partial charge in [-0.1, -0.05) is 13.8 Å². The second-order valence-corrected chi connectivity index (χ2v) is 4.08. The average molecular weight is 238 g/mol. The fraction of sp³-hybridized carbons (Fsp3) is 0.545. The monoisotopic (exact) mass is 238 g/mol. The Labute approximate surface area is 100 Å². The summed E-state index contributed by atoms with van der Waals surface area (Å²) < 4.78 is 0. The van der Waals surface area contributed by atoms with Gasteiger partial charge >= 0.3 is 0 Å². The Hall–Kier alpha value is -1.69. The molecule has 0 aliphatic carbocycles. The predicted octanol–water partition coefficient (Wildman–Crippen LogP) is 1.92. The van der Waals surface area contributed by atoms with E-state index >= 15 is 0 Å². The number of hydrogen-bond donors (Lipinski definition) is 2. The Morgan fingerprint density at radius 2 is 2.12 bits per heavy atom. The summed E-state index contributed by atoms with van der Waals surface area (Å²) in [5.41, 5.74) is 5.85. The van der Waals surface area contributed by atoms with E-state index in [9.17, 15) is 10.1 Å². The molecule has 0 bridgehead atoms. The largest absolute Gasteiger partial charge is 0.368 e. The minimum atomic E-state index is -0.470. The van der Waals surface area contributed by atoms with Gasteiger partial charge < -0.3 is 11.1 Å². The highest BCUT2D eigenvalue weighted by atomic mass is 16.6. The Kier molecular flexibility index (Phi) is 4.39. The van der Waals surface area contributed by atoms with Gasteiger partial charge in [0, 0.05) is 18.2 Å². The molecule has 1 aromatic heterocycles. The smallest absolute Gasteiger partial charge is 0.287 e. The van der Waals surface area contributed by atoms with Crippen LogP contribution in [0.1, 0.15) is 26.7 Å².